The van der Waals surface area contributed by atoms with Crippen molar-refractivity contribution in [1.29, 1.82) is 0 Å². The predicted octanol–water partition coefficient (Wildman–Crippen LogP) is 5.16. The lowest BCUT2D eigenvalue weighted by atomic mass is 10.1. The number of aromatic nitrogens is 1. The van der Waals surface area contributed by atoms with Crippen molar-refractivity contribution < 1.29 is 21.2 Å². The molecule has 32 heavy (non-hydrogen) atoms. The molecule has 0 aliphatic rings. The van der Waals surface area contributed by atoms with Gasteiger partial charge in [-0.1, -0.05) is 29.8 Å². The maximum atomic E-state index is 13.5. The van der Waals surface area contributed by atoms with Crippen LogP contribution in [0.4, 0.5) is 4.39 Å². The third-order valence-corrected chi connectivity index (χ3v) is 9.21. The Morgan fingerprint density at radius 2 is 1.28 bits per heavy atom. The number of aryl methyl sites for hydroxylation is 1. The second-order valence-electron chi connectivity index (χ2n) is 7.28. The van der Waals surface area contributed by atoms with Crippen LogP contribution in [-0.4, -0.2) is 28.1 Å². The van der Waals surface area contributed by atoms with Crippen LogP contribution in [0.2, 0.25) is 0 Å². The van der Waals surface area contributed by atoms with Crippen molar-refractivity contribution in [3.05, 3.63) is 84.2 Å². The Balaban J connectivity index is 1.89. The molecule has 4 rings (SSSR count). The molecule has 0 aliphatic heterocycles. The van der Waals surface area contributed by atoms with Gasteiger partial charge in [-0.15, -0.1) is 11.3 Å². The Kier molecular flexibility index (Phi) is 5.74. The molecule has 0 fully saturated rings. The summed E-state index contributed by atoms with van der Waals surface area (Å²) in [7, 11) is -7.25. The Hall–Kier alpha value is -2.88. The molecular weight excluding hydrogens is 469 g/mol. The summed E-state index contributed by atoms with van der Waals surface area (Å²) < 4.78 is 63.4. The van der Waals surface area contributed by atoms with E-state index in [9.17, 15) is 21.2 Å². The lowest BCUT2D eigenvalue weighted by Gasteiger charge is -2.04. The summed E-state index contributed by atoms with van der Waals surface area (Å²) in [6, 6.07) is 18.3. The molecule has 0 saturated carbocycles. The van der Waals surface area contributed by atoms with E-state index in [-0.39, 0.29) is 14.1 Å². The number of thiazole rings is 1. The summed E-state index contributed by atoms with van der Waals surface area (Å²) >= 11 is 0.989. The molecule has 0 aliphatic carbocycles. The van der Waals surface area contributed by atoms with Crippen molar-refractivity contribution >= 4 is 31.0 Å². The van der Waals surface area contributed by atoms with Crippen LogP contribution in [0, 0.1) is 12.7 Å². The van der Waals surface area contributed by atoms with Gasteiger partial charge in [0, 0.05) is 11.8 Å². The van der Waals surface area contributed by atoms with E-state index in [0.717, 1.165) is 23.2 Å². The van der Waals surface area contributed by atoms with Gasteiger partial charge in [0.25, 0.3) is 0 Å². The molecule has 3 aromatic carbocycles. The number of nitrogens with zero attached hydrogens (tertiary/aromatic N) is 1. The lowest BCUT2D eigenvalue weighted by molar-refractivity contribution is 0.595. The molecule has 1 aromatic heterocycles. The maximum absolute atomic E-state index is 13.5. The highest BCUT2D eigenvalue weighted by atomic mass is 32.2. The third-order valence-electron chi connectivity index (χ3n) is 4.83. The molecule has 0 atom stereocenters. The van der Waals surface area contributed by atoms with Gasteiger partial charge in [-0.3, -0.25) is 0 Å². The quantitative estimate of drug-likeness (QED) is 0.388. The highest BCUT2D eigenvalue weighted by Crippen LogP contribution is 2.40. The zero-order chi connectivity index (χ0) is 23.1. The van der Waals surface area contributed by atoms with Gasteiger partial charge in [-0.2, -0.15) is 0 Å². The van der Waals surface area contributed by atoms with Crippen molar-refractivity contribution in [1.82, 2.24) is 4.98 Å². The smallest absolute Gasteiger partial charge is 0.224 e. The summed E-state index contributed by atoms with van der Waals surface area (Å²) in [5.74, 6) is -0.421. The zero-order valence-corrected chi connectivity index (χ0v) is 19.6. The minimum Gasteiger partial charge on any atom is -0.224 e. The highest BCUT2D eigenvalue weighted by molar-refractivity contribution is 7.93. The molecule has 9 heteroatoms. The average Bonchev–Trinajstić information content (AvgIpc) is 3.20. The van der Waals surface area contributed by atoms with E-state index in [4.69, 9.17) is 0 Å². The molecule has 0 saturated heterocycles. The molecule has 0 spiro atoms. The first-order chi connectivity index (χ1) is 15.1. The van der Waals surface area contributed by atoms with Gasteiger partial charge in [0.1, 0.15) is 5.82 Å². The largest absolute Gasteiger partial charge is 0.233 e. The minimum atomic E-state index is -3.88. The molecule has 4 aromatic rings. The first kappa shape index (κ1) is 22.3. The first-order valence-electron chi connectivity index (χ1n) is 9.45. The van der Waals surface area contributed by atoms with Gasteiger partial charge in [0.2, 0.25) is 14.2 Å². The maximum Gasteiger partial charge on any atom is 0.233 e. The van der Waals surface area contributed by atoms with Gasteiger partial charge in [-0.05, 0) is 61.0 Å². The molecule has 0 N–H and O–H groups in total. The van der Waals surface area contributed by atoms with Crippen molar-refractivity contribution in [3.8, 4) is 21.7 Å². The Labute approximate surface area is 190 Å². The lowest BCUT2D eigenvalue weighted by Crippen LogP contribution is -2.01. The molecule has 0 radical (unpaired) electrons. The second kappa shape index (κ2) is 8.23. The van der Waals surface area contributed by atoms with Gasteiger partial charge in [0.15, 0.2) is 9.84 Å². The first-order valence-corrected chi connectivity index (χ1v) is 13.6. The van der Waals surface area contributed by atoms with Crippen LogP contribution in [0.1, 0.15) is 5.56 Å². The van der Waals surface area contributed by atoms with Crippen LogP contribution in [-0.2, 0) is 19.7 Å². The van der Waals surface area contributed by atoms with Crippen LogP contribution in [0.15, 0.2) is 86.9 Å². The summed E-state index contributed by atoms with van der Waals surface area (Å²) in [6.07, 6.45) is 1.12. The van der Waals surface area contributed by atoms with Gasteiger partial charge >= 0.3 is 0 Å². The summed E-state index contributed by atoms with van der Waals surface area (Å²) in [4.78, 5) is 5.24. The van der Waals surface area contributed by atoms with Gasteiger partial charge in [0.05, 0.1) is 20.4 Å². The summed E-state index contributed by atoms with van der Waals surface area (Å²) in [5.41, 5.74) is 2.48. The van der Waals surface area contributed by atoms with Crippen LogP contribution in [0.3, 0.4) is 0 Å². The normalized spacial score (nSPS) is 12.1. The van der Waals surface area contributed by atoms with E-state index in [1.165, 1.54) is 48.5 Å². The van der Waals surface area contributed by atoms with Crippen LogP contribution >= 0.6 is 11.3 Å². The van der Waals surface area contributed by atoms with E-state index in [1.807, 2.05) is 6.92 Å². The van der Waals surface area contributed by atoms with Gasteiger partial charge in [-0.25, -0.2) is 26.2 Å². The van der Waals surface area contributed by atoms with Crippen LogP contribution in [0.5, 0.6) is 0 Å². The minimum absolute atomic E-state index is 0.0946. The van der Waals surface area contributed by atoms with E-state index < -0.39 is 25.5 Å². The number of hydrogen-bond donors (Lipinski definition) is 0. The van der Waals surface area contributed by atoms with Crippen molar-refractivity contribution in [2.24, 2.45) is 0 Å². The second-order valence-corrected chi connectivity index (χ2v) is 12.4. The fourth-order valence-electron chi connectivity index (χ4n) is 3.09. The fraction of sp³-hybridized carbons (Fsp3) is 0.0870. The Morgan fingerprint density at radius 1 is 0.750 bits per heavy atom. The molecular formula is C23H18FNO4S3. The third kappa shape index (κ3) is 4.36. The van der Waals surface area contributed by atoms with Crippen molar-refractivity contribution in [2.75, 3.05) is 6.26 Å². The summed E-state index contributed by atoms with van der Waals surface area (Å²) in [6.45, 7) is 1.87. The monoisotopic (exact) mass is 487 g/mol. The zero-order valence-electron chi connectivity index (χ0n) is 17.1. The van der Waals surface area contributed by atoms with E-state index in [1.54, 1.807) is 24.3 Å². The SMILES string of the molecule is Cc1ccc(S(=O)(=O)c2nc(-c3ccc(F)cc3)c(-c3ccc(S(C)(=O)=O)cc3)s2)cc1. The molecule has 5 nitrogen and oxygen atoms in total. The number of halogens is 1. The number of benzene rings is 3. The van der Waals surface area contributed by atoms with Crippen molar-refractivity contribution in [3.63, 3.8) is 0 Å². The molecule has 0 unspecified atom stereocenters. The van der Waals surface area contributed by atoms with E-state index >= 15 is 0 Å². The predicted molar refractivity (Wildman–Crippen MR) is 123 cm³/mol. The number of rotatable bonds is 5. The molecule has 0 amide bonds. The van der Waals surface area contributed by atoms with Crippen molar-refractivity contribution in [2.45, 2.75) is 21.1 Å². The van der Waals surface area contributed by atoms with Crippen LogP contribution in [0.25, 0.3) is 21.7 Å². The number of hydrogen-bond acceptors (Lipinski definition) is 6. The fourth-order valence-corrected chi connectivity index (χ4v) is 6.43. The molecule has 164 valence electrons. The average molecular weight is 488 g/mol. The Morgan fingerprint density at radius 3 is 1.84 bits per heavy atom. The Bertz CT molecular complexity index is 1490. The standard InChI is InChI=1S/C23H18FNO4S3/c1-15-3-11-20(12-4-15)32(28,29)23-25-21(16-5-9-18(24)10-6-16)22(30-23)17-7-13-19(14-8-17)31(2,26)27/h3-14H,1-2H3. The highest BCUT2D eigenvalue weighted by Gasteiger charge is 2.26. The summed E-state index contributed by atoms with van der Waals surface area (Å²) in [5, 5.41) is 0. The number of sulfone groups is 2. The van der Waals surface area contributed by atoms with E-state index in [2.05, 4.69) is 4.98 Å². The topological polar surface area (TPSA) is 81.2 Å². The van der Waals surface area contributed by atoms with Gasteiger partial charge < -0.3 is 0 Å². The molecule has 0 bridgehead atoms. The van der Waals surface area contributed by atoms with Crippen LogP contribution < -0.4 is 0 Å². The molecule has 1 heterocycles. The van der Waals surface area contributed by atoms with E-state index in [0.29, 0.717) is 21.7 Å².